The first kappa shape index (κ1) is 17.0. The monoisotopic (exact) mass is 332 g/mol. The van der Waals surface area contributed by atoms with Gasteiger partial charge in [0.05, 0.1) is 6.26 Å². The van der Waals surface area contributed by atoms with Crippen LogP contribution in [0.5, 0.6) is 0 Å². The van der Waals surface area contributed by atoms with Crippen molar-refractivity contribution >= 4 is 27.3 Å². The molecule has 0 atom stereocenters. The molecule has 0 aliphatic heterocycles. The number of hydrogen-bond acceptors (Lipinski definition) is 3. The Kier molecular flexibility index (Phi) is 5.39. The third-order valence-electron chi connectivity index (χ3n) is 3.17. The van der Waals surface area contributed by atoms with Crippen molar-refractivity contribution < 1.29 is 13.2 Å². The number of hydrogen-bond donors (Lipinski definition) is 2. The van der Waals surface area contributed by atoms with Crippen LogP contribution in [0.2, 0.25) is 0 Å². The van der Waals surface area contributed by atoms with Crippen LogP contribution in [0, 0.1) is 0 Å². The molecule has 0 fully saturated rings. The van der Waals surface area contributed by atoms with E-state index in [0.29, 0.717) is 12.1 Å². The van der Waals surface area contributed by atoms with E-state index in [4.69, 9.17) is 0 Å². The SMILES string of the molecule is CCCC(=O)Nc1ccc(-c2ccc(NS(C)(=O)=O)cc2)cc1. The van der Waals surface area contributed by atoms with Gasteiger partial charge < -0.3 is 5.32 Å². The van der Waals surface area contributed by atoms with Gasteiger partial charge in [-0.2, -0.15) is 0 Å². The van der Waals surface area contributed by atoms with Crippen LogP contribution < -0.4 is 10.0 Å². The van der Waals surface area contributed by atoms with Crippen LogP contribution in [-0.2, 0) is 14.8 Å². The molecule has 0 bridgehead atoms. The molecule has 2 aromatic carbocycles. The van der Waals surface area contributed by atoms with E-state index in [-0.39, 0.29) is 5.91 Å². The van der Waals surface area contributed by atoms with Gasteiger partial charge in [0.15, 0.2) is 0 Å². The van der Waals surface area contributed by atoms with Gasteiger partial charge in [0, 0.05) is 17.8 Å². The van der Waals surface area contributed by atoms with Crippen LogP contribution in [0.1, 0.15) is 19.8 Å². The lowest BCUT2D eigenvalue weighted by atomic mass is 10.1. The van der Waals surface area contributed by atoms with Crippen molar-refractivity contribution in [1.29, 1.82) is 0 Å². The van der Waals surface area contributed by atoms with Gasteiger partial charge in [-0.1, -0.05) is 31.2 Å². The zero-order valence-corrected chi connectivity index (χ0v) is 14.0. The van der Waals surface area contributed by atoms with Gasteiger partial charge in [-0.05, 0) is 41.8 Å². The molecule has 0 spiro atoms. The Bertz CT molecular complexity index is 766. The quantitative estimate of drug-likeness (QED) is 0.850. The van der Waals surface area contributed by atoms with Gasteiger partial charge in [0.25, 0.3) is 0 Å². The molecule has 0 radical (unpaired) electrons. The Morgan fingerprint density at radius 1 is 0.913 bits per heavy atom. The number of carbonyl (C=O) groups is 1. The second kappa shape index (κ2) is 7.28. The zero-order chi connectivity index (χ0) is 16.9. The van der Waals surface area contributed by atoms with Crippen LogP contribution in [-0.4, -0.2) is 20.6 Å². The van der Waals surface area contributed by atoms with Crippen molar-refractivity contribution in [3.05, 3.63) is 48.5 Å². The minimum Gasteiger partial charge on any atom is -0.326 e. The second-order valence-electron chi connectivity index (χ2n) is 5.33. The highest BCUT2D eigenvalue weighted by atomic mass is 32.2. The Morgan fingerprint density at radius 3 is 1.83 bits per heavy atom. The number of sulfonamides is 1. The van der Waals surface area contributed by atoms with Crippen molar-refractivity contribution in [2.75, 3.05) is 16.3 Å². The molecule has 122 valence electrons. The summed E-state index contributed by atoms with van der Waals surface area (Å²) in [5.74, 6) is 0.0106. The largest absolute Gasteiger partial charge is 0.326 e. The predicted octanol–water partition coefficient (Wildman–Crippen LogP) is 3.46. The van der Waals surface area contributed by atoms with Crippen LogP contribution >= 0.6 is 0 Å². The number of nitrogens with one attached hydrogen (secondary N) is 2. The first-order valence-electron chi connectivity index (χ1n) is 7.35. The molecule has 0 saturated heterocycles. The molecule has 0 aliphatic carbocycles. The van der Waals surface area contributed by atoms with E-state index in [1.807, 2.05) is 43.3 Å². The fourth-order valence-corrected chi connectivity index (χ4v) is 2.71. The first-order chi connectivity index (χ1) is 10.9. The summed E-state index contributed by atoms with van der Waals surface area (Å²) in [6.07, 6.45) is 2.45. The third-order valence-corrected chi connectivity index (χ3v) is 3.77. The summed E-state index contributed by atoms with van der Waals surface area (Å²) >= 11 is 0. The van der Waals surface area contributed by atoms with Crippen molar-refractivity contribution in [1.82, 2.24) is 0 Å². The third kappa shape index (κ3) is 5.41. The normalized spacial score (nSPS) is 11.0. The highest BCUT2D eigenvalue weighted by Gasteiger charge is 2.04. The molecule has 2 rings (SSSR count). The van der Waals surface area contributed by atoms with Gasteiger partial charge in [-0.15, -0.1) is 0 Å². The second-order valence-corrected chi connectivity index (χ2v) is 7.08. The van der Waals surface area contributed by atoms with Gasteiger partial charge in [0.2, 0.25) is 15.9 Å². The molecule has 6 heteroatoms. The molecular weight excluding hydrogens is 312 g/mol. The average Bonchev–Trinajstić information content (AvgIpc) is 2.47. The lowest BCUT2D eigenvalue weighted by Gasteiger charge is -2.08. The van der Waals surface area contributed by atoms with E-state index >= 15 is 0 Å². The van der Waals surface area contributed by atoms with Crippen molar-refractivity contribution in [2.45, 2.75) is 19.8 Å². The van der Waals surface area contributed by atoms with E-state index in [1.54, 1.807) is 12.1 Å². The average molecular weight is 332 g/mol. The molecule has 23 heavy (non-hydrogen) atoms. The van der Waals surface area contributed by atoms with E-state index in [1.165, 1.54) is 0 Å². The maximum atomic E-state index is 11.6. The van der Waals surface area contributed by atoms with Gasteiger partial charge >= 0.3 is 0 Å². The van der Waals surface area contributed by atoms with E-state index in [9.17, 15) is 13.2 Å². The smallest absolute Gasteiger partial charge is 0.229 e. The Labute approximate surface area is 136 Å². The maximum absolute atomic E-state index is 11.6. The van der Waals surface area contributed by atoms with Gasteiger partial charge in [-0.25, -0.2) is 8.42 Å². The molecule has 5 nitrogen and oxygen atoms in total. The molecule has 1 amide bonds. The lowest BCUT2D eigenvalue weighted by molar-refractivity contribution is -0.116. The Hall–Kier alpha value is -2.34. The zero-order valence-electron chi connectivity index (χ0n) is 13.2. The predicted molar refractivity (Wildman–Crippen MR) is 93.9 cm³/mol. The van der Waals surface area contributed by atoms with Crippen LogP contribution in [0.3, 0.4) is 0 Å². The summed E-state index contributed by atoms with van der Waals surface area (Å²) in [4.78, 5) is 11.6. The number of carbonyl (C=O) groups excluding carboxylic acids is 1. The molecule has 0 aliphatic rings. The highest BCUT2D eigenvalue weighted by Crippen LogP contribution is 2.23. The summed E-state index contributed by atoms with van der Waals surface area (Å²) < 4.78 is 24.8. The molecule has 0 unspecified atom stereocenters. The molecular formula is C17H20N2O3S. The summed E-state index contributed by atoms with van der Waals surface area (Å²) in [5.41, 5.74) is 3.25. The molecule has 0 saturated carbocycles. The van der Waals surface area contributed by atoms with E-state index in [2.05, 4.69) is 10.0 Å². The lowest BCUT2D eigenvalue weighted by Crippen LogP contribution is -2.10. The minimum absolute atomic E-state index is 0.0106. The Balaban J connectivity index is 2.09. The van der Waals surface area contributed by atoms with Gasteiger partial charge in [-0.3, -0.25) is 9.52 Å². The molecule has 0 aromatic heterocycles. The number of amides is 1. The molecule has 2 aromatic rings. The summed E-state index contributed by atoms with van der Waals surface area (Å²) in [6.45, 7) is 1.96. The van der Waals surface area contributed by atoms with Crippen molar-refractivity contribution in [2.24, 2.45) is 0 Å². The minimum atomic E-state index is -3.27. The number of anilines is 2. The van der Waals surface area contributed by atoms with Gasteiger partial charge in [0.1, 0.15) is 0 Å². The van der Waals surface area contributed by atoms with E-state index < -0.39 is 10.0 Å². The van der Waals surface area contributed by atoms with Crippen molar-refractivity contribution in [3.63, 3.8) is 0 Å². The summed E-state index contributed by atoms with van der Waals surface area (Å²) in [6, 6.07) is 14.7. The van der Waals surface area contributed by atoms with E-state index in [0.717, 1.165) is 29.5 Å². The Morgan fingerprint density at radius 2 is 1.39 bits per heavy atom. The van der Waals surface area contributed by atoms with Crippen molar-refractivity contribution in [3.8, 4) is 11.1 Å². The van der Waals surface area contributed by atoms with Crippen LogP contribution in [0.25, 0.3) is 11.1 Å². The molecule has 2 N–H and O–H groups in total. The number of rotatable bonds is 6. The topological polar surface area (TPSA) is 75.3 Å². The van der Waals surface area contributed by atoms with Crippen LogP contribution in [0.15, 0.2) is 48.5 Å². The summed E-state index contributed by atoms with van der Waals surface area (Å²) in [5, 5.41) is 2.84. The first-order valence-corrected chi connectivity index (χ1v) is 9.24. The fraction of sp³-hybridized carbons (Fsp3) is 0.235. The fourth-order valence-electron chi connectivity index (χ4n) is 2.14. The summed E-state index contributed by atoms with van der Waals surface area (Å²) in [7, 11) is -3.27. The van der Waals surface area contributed by atoms with Crippen LogP contribution in [0.4, 0.5) is 11.4 Å². The maximum Gasteiger partial charge on any atom is 0.229 e. The molecule has 0 heterocycles. The standard InChI is InChI=1S/C17H20N2O3S/c1-3-4-17(20)18-15-9-5-13(6-10-15)14-7-11-16(12-8-14)19-23(2,21)22/h5-12,19H,3-4H2,1-2H3,(H,18,20). The number of benzene rings is 2. The highest BCUT2D eigenvalue weighted by molar-refractivity contribution is 7.92.